The first kappa shape index (κ1) is 10.1. The van der Waals surface area contributed by atoms with Gasteiger partial charge in [-0.15, -0.1) is 0 Å². The van der Waals surface area contributed by atoms with Crippen LogP contribution in [-0.4, -0.2) is 13.1 Å². The zero-order chi connectivity index (χ0) is 11.7. The van der Waals surface area contributed by atoms with Gasteiger partial charge in [0.25, 0.3) is 0 Å². The minimum Gasteiger partial charge on any atom is -0.316 e. The summed E-state index contributed by atoms with van der Waals surface area (Å²) < 4.78 is 0. The van der Waals surface area contributed by atoms with Gasteiger partial charge in [0.05, 0.1) is 0 Å². The molecule has 0 amide bonds. The Balaban J connectivity index is 1.76. The van der Waals surface area contributed by atoms with Crippen LogP contribution in [0.2, 0.25) is 0 Å². The lowest BCUT2D eigenvalue weighted by atomic mass is 9.34. The second kappa shape index (κ2) is 2.95. The molecule has 4 rings (SSSR count). The number of rotatable bonds is 1. The standard InChI is InChI=1S/C16H21N/c1-11-4-3-5-13(12(11)2)14-8-15-6-7-16(14,15)10-17-9-15/h3-5,14,17H,6-10H2,1-2H3/t14?,15-,16-/m0/s1. The molecule has 2 aliphatic carbocycles. The Kier molecular flexibility index (Phi) is 1.76. The van der Waals surface area contributed by atoms with Crippen LogP contribution in [0.3, 0.4) is 0 Å². The van der Waals surface area contributed by atoms with Crippen molar-refractivity contribution in [2.24, 2.45) is 10.8 Å². The molecule has 3 aliphatic rings. The fourth-order valence-electron chi connectivity index (χ4n) is 4.92. The predicted molar refractivity (Wildman–Crippen MR) is 70.2 cm³/mol. The van der Waals surface area contributed by atoms with Crippen LogP contribution in [0.5, 0.6) is 0 Å². The lowest BCUT2D eigenvalue weighted by Crippen LogP contribution is -2.63. The molecule has 17 heavy (non-hydrogen) atoms. The fourth-order valence-corrected chi connectivity index (χ4v) is 4.92. The highest BCUT2D eigenvalue weighted by Crippen LogP contribution is 2.77. The van der Waals surface area contributed by atoms with E-state index in [1.165, 1.54) is 37.9 Å². The Labute approximate surface area is 104 Å². The van der Waals surface area contributed by atoms with E-state index in [4.69, 9.17) is 0 Å². The fraction of sp³-hybridized carbons (Fsp3) is 0.625. The number of nitrogens with one attached hydrogen (secondary N) is 1. The van der Waals surface area contributed by atoms with E-state index in [0.29, 0.717) is 10.8 Å². The van der Waals surface area contributed by atoms with Gasteiger partial charge < -0.3 is 5.32 Å². The molecule has 1 unspecified atom stereocenters. The zero-order valence-corrected chi connectivity index (χ0v) is 10.8. The van der Waals surface area contributed by atoms with Gasteiger partial charge in [0.1, 0.15) is 0 Å². The van der Waals surface area contributed by atoms with Gasteiger partial charge in [-0.3, -0.25) is 0 Å². The summed E-state index contributed by atoms with van der Waals surface area (Å²) in [4.78, 5) is 0. The van der Waals surface area contributed by atoms with Crippen molar-refractivity contribution in [3.05, 3.63) is 34.9 Å². The van der Waals surface area contributed by atoms with Crippen molar-refractivity contribution < 1.29 is 0 Å². The third-order valence-electron chi connectivity index (χ3n) is 6.29. The van der Waals surface area contributed by atoms with Gasteiger partial charge in [0.15, 0.2) is 0 Å². The third kappa shape index (κ3) is 0.968. The quantitative estimate of drug-likeness (QED) is 0.777. The molecule has 90 valence electrons. The molecule has 1 saturated heterocycles. The van der Waals surface area contributed by atoms with Crippen molar-refractivity contribution in [3.8, 4) is 0 Å². The molecule has 0 aromatic heterocycles. The molecule has 3 fully saturated rings. The molecule has 1 aromatic rings. The van der Waals surface area contributed by atoms with Crippen molar-refractivity contribution in [1.29, 1.82) is 0 Å². The second-order valence-corrected chi connectivity index (χ2v) is 6.59. The number of hydrogen-bond acceptors (Lipinski definition) is 1. The lowest BCUT2D eigenvalue weighted by molar-refractivity contribution is -0.158. The average molecular weight is 227 g/mol. The van der Waals surface area contributed by atoms with Gasteiger partial charge in [-0.05, 0) is 66.5 Å². The molecule has 2 saturated carbocycles. The van der Waals surface area contributed by atoms with Crippen molar-refractivity contribution in [2.75, 3.05) is 13.1 Å². The summed E-state index contributed by atoms with van der Waals surface area (Å²) in [6.45, 7) is 7.11. The molecule has 1 aliphatic heterocycles. The zero-order valence-electron chi connectivity index (χ0n) is 10.8. The number of benzene rings is 1. The van der Waals surface area contributed by atoms with Crippen LogP contribution >= 0.6 is 0 Å². The van der Waals surface area contributed by atoms with E-state index >= 15 is 0 Å². The minimum absolute atomic E-state index is 0.644. The molecular weight excluding hydrogens is 206 g/mol. The summed E-state index contributed by atoms with van der Waals surface area (Å²) in [6, 6.07) is 6.87. The topological polar surface area (TPSA) is 12.0 Å². The van der Waals surface area contributed by atoms with Gasteiger partial charge in [0.2, 0.25) is 0 Å². The van der Waals surface area contributed by atoms with Crippen molar-refractivity contribution in [1.82, 2.24) is 5.32 Å². The van der Waals surface area contributed by atoms with Crippen LogP contribution in [0.25, 0.3) is 0 Å². The summed E-state index contributed by atoms with van der Waals surface area (Å²) in [5, 5.41) is 3.66. The second-order valence-electron chi connectivity index (χ2n) is 6.59. The normalized spacial score (nSPS) is 42.4. The number of hydrogen-bond donors (Lipinski definition) is 1. The predicted octanol–water partition coefficient (Wildman–Crippen LogP) is 3.16. The van der Waals surface area contributed by atoms with Gasteiger partial charge in [0, 0.05) is 13.1 Å². The van der Waals surface area contributed by atoms with Crippen molar-refractivity contribution >= 4 is 0 Å². The molecule has 0 bridgehead atoms. The molecule has 1 heteroatoms. The summed E-state index contributed by atoms with van der Waals surface area (Å²) in [5.41, 5.74) is 5.99. The van der Waals surface area contributed by atoms with Crippen LogP contribution in [0.4, 0.5) is 0 Å². The Morgan fingerprint density at radius 2 is 2.06 bits per heavy atom. The highest BCUT2D eigenvalue weighted by atomic mass is 15.0. The molecule has 1 aromatic carbocycles. The molecular formula is C16H21N. The molecule has 1 N–H and O–H groups in total. The first-order valence-electron chi connectivity index (χ1n) is 6.95. The first-order chi connectivity index (χ1) is 8.19. The van der Waals surface area contributed by atoms with E-state index in [2.05, 4.69) is 37.4 Å². The van der Waals surface area contributed by atoms with Crippen LogP contribution in [0.15, 0.2) is 18.2 Å². The Morgan fingerprint density at radius 3 is 2.76 bits per heavy atom. The van der Waals surface area contributed by atoms with Gasteiger partial charge in [-0.25, -0.2) is 0 Å². The van der Waals surface area contributed by atoms with Crippen LogP contribution in [-0.2, 0) is 0 Å². The van der Waals surface area contributed by atoms with E-state index < -0.39 is 0 Å². The van der Waals surface area contributed by atoms with E-state index in [1.54, 1.807) is 11.1 Å². The van der Waals surface area contributed by atoms with Crippen LogP contribution in [0.1, 0.15) is 41.9 Å². The smallest absolute Gasteiger partial charge is 0.00197 e. The van der Waals surface area contributed by atoms with Crippen molar-refractivity contribution in [3.63, 3.8) is 0 Å². The van der Waals surface area contributed by atoms with E-state index in [0.717, 1.165) is 5.92 Å². The van der Waals surface area contributed by atoms with Gasteiger partial charge in [-0.1, -0.05) is 18.2 Å². The molecule has 1 nitrogen and oxygen atoms in total. The monoisotopic (exact) mass is 227 g/mol. The van der Waals surface area contributed by atoms with Gasteiger partial charge >= 0.3 is 0 Å². The minimum atomic E-state index is 0.644. The molecule has 3 atom stereocenters. The highest BCUT2D eigenvalue weighted by Gasteiger charge is 2.72. The van der Waals surface area contributed by atoms with Crippen LogP contribution in [0, 0.1) is 24.7 Å². The average Bonchev–Trinajstić information content (AvgIpc) is 2.53. The van der Waals surface area contributed by atoms with Crippen LogP contribution < -0.4 is 5.32 Å². The highest BCUT2D eigenvalue weighted by molar-refractivity contribution is 5.42. The molecule has 0 spiro atoms. The maximum atomic E-state index is 3.66. The molecule has 1 heterocycles. The Hall–Kier alpha value is -0.820. The summed E-state index contributed by atoms with van der Waals surface area (Å²) in [6.07, 6.45) is 4.36. The van der Waals surface area contributed by atoms with E-state index in [9.17, 15) is 0 Å². The largest absolute Gasteiger partial charge is 0.316 e. The van der Waals surface area contributed by atoms with E-state index in [1.807, 2.05) is 0 Å². The molecule has 0 radical (unpaired) electrons. The van der Waals surface area contributed by atoms with Gasteiger partial charge in [-0.2, -0.15) is 0 Å². The first-order valence-corrected chi connectivity index (χ1v) is 6.95. The summed E-state index contributed by atoms with van der Waals surface area (Å²) >= 11 is 0. The number of aryl methyl sites for hydroxylation is 1. The van der Waals surface area contributed by atoms with E-state index in [-0.39, 0.29) is 0 Å². The summed E-state index contributed by atoms with van der Waals surface area (Å²) in [5.74, 6) is 0.839. The summed E-state index contributed by atoms with van der Waals surface area (Å²) in [7, 11) is 0. The maximum absolute atomic E-state index is 3.66. The maximum Gasteiger partial charge on any atom is 0.00197 e. The third-order valence-corrected chi connectivity index (χ3v) is 6.29. The Morgan fingerprint density at radius 1 is 1.18 bits per heavy atom. The lowest BCUT2D eigenvalue weighted by Gasteiger charge is -2.69. The Bertz CT molecular complexity index is 492. The SMILES string of the molecule is Cc1cccc(C2C[C@]34CC[C@]23CNC4)c1C. The van der Waals surface area contributed by atoms with Crippen molar-refractivity contribution in [2.45, 2.75) is 39.0 Å².